The lowest BCUT2D eigenvalue weighted by Crippen LogP contribution is -2.29. The first-order valence-corrected chi connectivity index (χ1v) is 5.91. The van der Waals surface area contributed by atoms with Gasteiger partial charge in [-0.1, -0.05) is 13.8 Å². The van der Waals surface area contributed by atoms with E-state index in [2.05, 4.69) is 36.0 Å². The topological polar surface area (TPSA) is 32.3 Å². The predicted molar refractivity (Wildman–Crippen MR) is 61.5 cm³/mol. The molecule has 0 aromatic carbocycles. The van der Waals surface area contributed by atoms with Crippen molar-refractivity contribution < 1.29 is 5.11 Å². The third-order valence-corrected chi connectivity index (χ3v) is 3.03. The summed E-state index contributed by atoms with van der Waals surface area (Å²) >= 11 is 1.73. The largest absolute Gasteiger partial charge is 0.396 e. The first kappa shape index (κ1) is 11.7. The zero-order valence-corrected chi connectivity index (χ0v) is 9.73. The molecule has 0 aliphatic carbocycles. The van der Waals surface area contributed by atoms with E-state index < -0.39 is 0 Å². The number of nitrogens with one attached hydrogen (secondary N) is 1. The Hall–Kier alpha value is -0.380. The molecule has 0 spiro atoms. The molecule has 0 radical (unpaired) electrons. The summed E-state index contributed by atoms with van der Waals surface area (Å²) in [5.41, 5.74) is 1.53. The van der Waals surface area contributed by atoms with Crippen LogP contribution in [0.3, 0.4) is 0 Å². The standard InChI is InChI=1S/C11H19NOS/c1-11(2,4-5-13)9-12-7-10-3-6-14-8-10/h3,6,8,12-13H,4-5,7,9H2,1-2H3. The van der Waals surface area contributed by atoms with Crippen molar-refractivity contribution >= 4 is 11.3 Å². The molecular formula is C11H19NOS. The molecule has 0 amide bonds. The highest BCUT2D eigenvalue weighted by Crippen LogP contribution is 2.18. The van der Waals surface area contributed by atoms with Gasteiger partial charge in [-0.3, -0.25) is 0 Å². The number of aliphatic hydroxyl groups is 1. The van der Waals surface area contributed by atoms with Crippen molar-refractivity contribution in [3.05, 3.63) is 22.4 Å². The fourth-order valence-corrected chi connectivity index (χ4v) is 2.00. The lowest BCUT2D eigenvalue weighted by Gasteiger charge is -2.23. The van der Waals surface area contributed by atoms with Crippen molar-refractivity contribution in [2.45, 2.75) is 26.8 Å². The summed E-state index contributed by atoms with van der Waals surface area (Å²) in [6.45, 7) is 6.49. The van der Waals surface area contributed by atoms with E-state index in [-0.39, 0.29) is 12.0 Å². The van der Waals surface area contributed by atoms with Gasteiger partial charge in [0.15, 0.2) is 0 Å². The maximum absolute atomic E-state index is 8.86. The molecular weight excluding hydrogens is 194 g/mol. The highest BCUT2D eigenvalue weighted by Gasteiger charge is 2.15. The monoisotopic (exact) mass is 213 g/mol. The average Bonchev–Trinajstić information content (AvgIpc) is 2.56. The van der Waals surface area contributed by atoms with Crippen molar-refractivity contribution in [1.82, 2.24) is 5.32 Å². The predicted octanol–water partition coefficient (Wildman–Crippen LogP) is 2.25. The van der Waals surface area contributed by atoms with Gasteiger partial charge in [0.2, 0.25) is 0 Å². The van der Waals surface area contributed by atoms with Gasteiger partial charge in [-0.05, 0) is 34.2 Å². The third kappa shape index (κ3) is 4.22. The summed E-state index contributed by atoms with van der Waals surface area (Å²) in [5.74, 6) is 0. The molecule has 1 heterocycles. The molecule has 0 unspecified atom stereocenters. The molecule has 0 atom stereocenters. The summed E-state index contributed by atoms with van der Waals surface area (Å²) in [5, 5.41) is 16.5. The number of rotatable bonds is 6. The summed E-state index contributed by atoms with van der Waals surface area (Å²) in [6, 6.07) is 2.14. The van der Waals surface area contributed by atoms with Crippen LogP contribution in [0.2, 0.25) is 0 Å². The van der Waals surface area contributed by atoms with Gasteiger partial charge in [-0.25, -0.2) is 0 Å². The molecule has 80 valence electrons. The minimum Gasteiger partial charge on any atom is -0.396 e. The highest BCUT2D eigenvalue weighted by molar-refractivity contribution is 7.07. The molecule has 0 bridgehead atoms. The number of aliphatic hydroxyl groups excluding tert-OH is 1. The van der Waals surface area contributed by atoms with Gasteiger partial charge in [-0.2, -0.15) is 11.3 Å². The van der Waals surface area contributed by atoms with Crippen LogP contribution in [0.4, 0.5) is 0 Å². The summed E-state index contributed by atoms with van der Waals surface area (Å²) in [6.07, 6.45) is 0.851. The maximum atomic E-state index is 8.86. The van der Waals surface area contributed by atoms with Crippen LogP contribution < -0.4 is 5.32 Å². The molecule has 0 aliphatic heterocycles. The van der Waals surface area contributed by atoms with Crippen LogP contribution in [0.25, 0.3) is 0 Å². The SMILES string of the molecule is CC(C)(CCO)CNCc1ccsc1. The Kier molecular flexibility index (Phi) is 4.58. The first-order valence-electron chi connectivity index (χ1n) is 4.97. The van der Waals surface area contributed by atoms with Gasteiger partial charge in [0.1, 0.15) is 0 Å². The third-order valence-electron chi connectivity index (χ3n) is 2.30. The Labute approximate surface area is 90.0 Å². The zero-order valence-electron chi connectivity index (χ0n) is 8.92. The van der Waals surface area contributed by atoms with Crippen LogP contribution in [0.5, 0.6) is 0 Å². The molecule has 2 N–H and O–H groups in total. The van der Waals surface area contributed by atoms with Crippen LogP contribution in [0.15, 0.2) is 16.8 Å². The Morgan fingerprint density at radius 1 is 1.50 bits per heavy atom. The second kappa shape index (κ2) is 5.49. The van der Waals surface area contributed by atoms with Crippen LogP contribution in [0, 0.1) is 5.41 Å². The van der Waals surface area contributed by atoms with Gasteiger partial charge in [0.05, 0.1) is 0 Å². The lowest BCUT2D eigenvalue weighted by molar-refractivity contribution is 0.207. The van der Waals surface area contributed by atoms with Crippen molar-refractivity contribution in [3.8, 4) is 0 Å². The highest BCUT2D eigenvalue weighted by atomic mass is 32.1. The van der Waals surface area contributed by atoms with E-state index in [1.54, 1.807) is 11.3 Å². The Balaban J connectivity index is 2.20. The average molecular weight is 213 g/mol. The lowest BCUT2D eigenvalue weighted by atomic mass is 9.90. The van der Waals surface area contributed by atoms with E-state index in [9.17, 15) is 0 Å². The van der Waals surface area contributed by atoms with E-state index in [0.717, 1.165) is 19.5 Å². The van der Waals surface area contributed by atoms with Crippen LogP contribution in [-0.4, -0.2) is 18.3 Å². The van der Waals surface area contributed by atoms with Crippen molar-refractivity contribution in [2.24, 2.45) is 5.41 Å². The molecule has 0 fully saturated rings. The minimum atomic E-state index is 0.185. The molecule has 3 heteroatoms. The zero-order chi connectivity index (χ0) is 10.4. The smallest absolute Gasteiger partial charge is 0.0436 e. The normalized spacial score (nSPS) is 11.9. The number of thiophene rings is 1. The number of hydrogen-bond acceptors (Lipinski definition) is 3. The Morgan fingerprint density at radius 2 is 2.29 bits per heavy atom. The van der Waals surface area contributed by atoms with Gasteiger partial charge >= 0.3 is 0 Å². The van der Waals surface area contributed by atoms with E-state index in [4.69, 9.17) is 5.11 Å². The molecule has 2 nitrogen and oxygen atoms in total. The van der Waals surface area contributed by atoms with Crippen molar-refractivity contribution in [2.75, 3.05) is 13.2 Å². The van der Waals surface area contributed by atoms with Crippen LogP contribution in [-0.2, 0) is 6.54 Å². The first-order chi connectivity index (χ1) is 6.64. The quantitative estimate of drug-likeness (QED) is 0.759. The number of hydrogen-bond donors (Lipinski definition) is 2. The van der Waals surface area contributed by atoms with E-state index in [0.29, 0.717) is 0 Å². The molecule has 1 rings (SSSR count). The summed E-state index contributed by atoms with van der Waals surface area (Å²) < 4.78 is 0. The minimum absolute atomic E-state index is 0.185. The van der Waals surface area contributed by atoms with E-state index >= 15 is 0 Å². The molecule has 1 aromatic heterocycles. The second-order valence-electron chi connectivity index (χ2n) is 4.37. The van der Waals surface area contributed by atoms with Crippen LogP contribution >= 0.6 is 11.3 Å². The molecule has 0 aliphatic rings. The fraction of sp³-hybridized carbons (Fsp3) is 0.636. The van der Waals surface area contributed by atoms with E-state index in [1.807, 2.05) is 0 Å². The molecule has 0 saturated heterocycles. The van der Waals surface area contributed by atoms with Gasteiger partial charge in [-0.15, -0.1) is 0 Å². The summed E-state index contributed by atoms with van der Waals surface area (Å²) in [4.78, 5) is 0. The maximum Gasteiger partial charge on any atom is 0.0436 e. The summed E-state index contributed by atoms with van der Waals surface area (Å²) in [7, 11) is 0. The second-order valence-corrected chi connectivity index (χ2v) is 5.15. The molecule has 0 saturated carbocycles. The van der Waals surface area contributed by atoms with Crippen LogP contribution in [0.1, 0.15) is 25.8 Å². The van der Waals surface area contributed by atoms with Gasteiger partial charge < -0.3 is 10.4 Å². The van der Waals surface area contributed by atoms with Gasteiger partial charge in [0.25, 0.3) is 0 Å². The van der Waals surface area contributed by atoms with Gasteiger partial charge in [0, 0.05) is 19.7 Å². The molecule has 14 heavy (non-hydrogen) atoms. The Bertz CT molecular complexity index is 244. The van der Waals surface area contributed by atoms with Crippen molar-refractivity contribution in [1.29, 1.82) is 0 Å². The molecule has 1 aromatic rings. The van der Waals surface area contributed by atoms with E-state index in [1.165, 1.54) is 5.56 Å². The van der Waals surface area contributed by atoms with Crippen molar-refractivity contribution in [3.63, 3.8) is 0 Å². The fourth-order valence-electron chi connectivity index (χ4n) is 1.33. The Morgan fingerprint density at radius 3 is 2.86 bits per heavy atom.